The molecule has 0 radical (unpaired) electrons. The highest BCUT2D eigenvalue weighted by Gasteiger charge is 2.24. The first-order chi connectivity index (χ1) is 12.8. The summed E-state index contributed by atoms with van der Waals surface area (Å²) in [5.41, 5.74) is 1.19. The first-order valence-corrected chi connectivity index (χ1v) is 8.07. The van der Waals surface area contributed by atoms with Crippen molar-refractivity contribution in [2.45, 2.75) is 20.8 Å². The summed E-state index contributed by atoms with van der Waals surface area (Å²) in [4.78, 5) is 38.0. The van der Waals surface area contributed by atoms with Crippen molar-refractivity contribution < 1.29 is 19.2 Å². The highest BCUT2D eigenvalue weighted by molar-refractivity contribution is 6.15. The minimum Gasteiger partial charge on any atom is -0.462 e. The molecule has 2 rings (SSSR count). The molecule has 0 unspecified atom stereocenters. The fourth-order valence-corrected chi connectivity index (χ4v) is 2.66. The largest absolute Gasteiger partial charge is 0.462 e. The second kappa shape index (κ2) is 8.10. The van der Waals surface area contributed by atoms with E-state index >= 15 is 0 Å². The minimum atomic E-state index is -0.611. The van der Waals surface area contributed by atoms with E-state index in [0.717, 1.165) is 0 Å². The number of nitriles is 1. The van der Waals surface area contributed by atoms with Crippen LogP contribution in [0, 0.1) is 35.3 Å². The van der Waals surface area contributed by atoms with Crippen LogP contribution in [0.4, 0.5) is 5.69 Å². The monoisotopic (exact) mass is 367 g/mol. The average Bonchev–Trinajstić information content (AvgIpc) is 2.93. The summed E-state index contributed by atoms with van der Waals surface area (Å²) in [6.07, 6.45) is 1.27. The van der Waals surface area contributed by atoms with E-state index in [0.29, 0.717) is 16.8 Å². The van der Waals surface area contributed by atoms with Crippen LogP contribution in [0.5, 0.6) is 0 Å². The third kappa shape index (κ3) is 4.10. The van der Waals surface area contributed by atoms with Crippen molar-refractivity contribution in [3.63, 3.8) is 0 Å². The lowest BCUT2D eigenvalue weighted by Crippen LogP contribution is -2.08. The predicted molar refractivity (Wildman–Crippen MR) is 97.2 cm³/mol. The van der Waals surface area contributed by atoms with E-state index in [1.54, 1.807) is 26.8 Å². The van der Waals surface area contributed by atoms with Gasteiger partial charge in [-0.2, -0.15) is 5.26 Å². The maximum atomic E-state index is 12.8. The van der Waals surface area contributed by atoms with E-state index in [1.807, 2.05) is 6.07 Å². The second-order valence-electron chi connectivity index (χ2n) is 5.70. The summed E-state index contributed by atoms with van der Waals surface area (Å²) >= 11 is 0. The van der Waals surface area contributed by atoms with Gasteiger partial charge in [-0.05, 0) is 38.0 Å². The van der Waals surface area contributed by atoms with Crippen molar-refractivity contribution in [3.05, 3.63) is 68.0 Å². The number of Topliss-reactive ketones (excluding diaryl/α,β-unsaturated/α-hetero) is 1. The van der Waals surface area contributed by atoms with E-state index in [1.165, 1.54) is 24.3 Å². The van der Waals surface area contributed by atoms with Crippen LogP contribution >= 0.6 is 0 Å². The molecule has 0 aliphatic heterocycles. The minimum absolute atomic E-state index is 0.105. The number of benzene rings is 1. The van der Waals surface area contributed by atoms with E-state index < -0.39 is 16.7 Å². The number of esters is 1. The van der Waals surface area contributed by atoms with Gasteiger partial charge in [0.15, 0.2) is 0 Å². The number of H-pyrrole nitrogens is 1. The van der Waals surface area contributed by atoms with E-state index in [2.05, 4.69) is 4.98 Å². The summed E-state index contributed by atoms with van der Waals surface area (Å²) in [5.74, 6) is -1.16. The third-order valence-corrected chi connectivity index (χ3v) is 3.90. The molecule has 0 saturated carbocycles. The molecule has 0 spiro atoms. The fourth-order valence-electron chi connectivity index (χ4n) is 2.66. The lowest BCUT2D eigenvalue weighted by Gasteiger charge is -2.02. The number of rotatable bonds is 6. The smallest absolute Gasteiger partial charge is 0.340 e. The number of ketones is 1. The number of aromatic amines is 1. The van der Waals surface area contributed by atoms with E-state index in [-0.39, 0.29) is 29.1 Å². The summed E-state index contributed by atoms with van der Waals surface area (Å²) in [7, 11) is 0. The average molecular weight is 367 g/mol. The molecule has 0 atom stereocenters. The molecule has 0 fully saturated rings. The molecule has 0 aliphatic rings. The molecular formula is C19H17N3O5. The Bertz CT molecular complexity index is 995. The molecule has 2 aromatic rings. The van der Waals surface area contributed by atoms with Gasteiger partial charge >= 0.3 is 5.97 Å². The molecule has 1 N–H and O–H groups in total. The Hall–Kier alpha value is -3.73. The normalized spacial score (nSPS) is 11.0. The highest BCUT2D eigenvalue weighted by atomic mass is 16.6. The van der Waals surface area contributed by atoms with Crippen molar-refractivity contribution in [2.75, 3.05) is 6.61 Å². The Kier molecular flexibility index (Phi) is 5.88. The van der Waals surface area contributed by atoms with E-state index in [9.17, 15) is 25.0 Å². The van der Waals surface area contributed by atoms with Crippen LogP contribution in [0.1, 0.15) is 44.6 Å². The summed E-state index contributed by atoms with van der Waals surface area (Å²) in [6.45, 7) is 5.09. The number of nitro benzene ring substituents is 1. The number of allylic oxidation sites excluding steroid dienone is 1. The highest BCUT2D eigenvalue weighted by Crippen LogP contribution is 2.23. The Morgan fingerprint density at radius 3 is 2.67 bits per heavy atom. The number of carbonyl (C=O) groups excluding carboxylic acids is 2. The van der Waals surface area contributed by atoms with Gasteiger partial charge in [0.2, 0.25) is 5.78 Å². The van der Waals surface area contributed by atoms with E-state index in [4.69, 9.17) is 4.74 Å². The third-order valence-electron chi connectivity index (χ3n) is 3.90. The Balaban J connectivity index is 2.45. The molecule has 1 aromatic carbocycles. The molecule has 0 bridgehead atoms. The quantitative estimate of drug-likeness (QED) is 0.208. The van der Waals surface area contributed by atoms with Crippen LogP contribution in [-0.4, -0.2) is 28.3 Å². The number of nitrogens with one attached hydrogen (secondary N) is 1. The number of nitrogens with zero attached hydrogens (tertiary/aromatic N) is 2. The van der Waals surface area contributed by atoms with Gasteiger partial charge in [-0.1, -0.05) is 12.1 Å². The molecular weight excluding hydrogens is 350 g/mol. The SMILES string of the molecule is CCOC(=O)c1c(C)[nH]c(C(=O)/C(C#N)=C/c2cccc([N+](=O)[O-])c2)c1C. The molecule has 1 heterocycles. The van der Waals surface area contributed by atoms with Crippen molar-refractivity contribution in [1.29, 1.82) is 5.26 Å². The van der Waals surface area contributed by atoms with Gasteiger partial charge < -0.3 is 9.72 Å². The van der Waals surface area contributed by atoms with Crippen molar-refractivity contribution >= 4 is 23.5 Å². The number of hydrogen-bond acceptors (Lipinski definition) is 6. The molecule has 138 valence electrons. The van der Waals surface area contributed by atoms with Crippen LogP contribution in [0.25, 0.3) is 6.08 Å². The number of nitro groups is 1. The standard InChI is InChI=1S/C19H17N3O5/c1-4-27-19(24)16-11(2)17(21-12(16)3)18(23)14(10-20)8-13-6-5-7-15(9-13)22(25)26/h5-9,21H,4H2,1-3H3/b14-8+. The number of non-ortho nitro benzene ring substituents is 1. The maximum absolute atomic E-state index is 12.8. The van der Waals surface area contributed by atoms with Crippen molar-refractivity contribution in [3.8, 4) is 6.07 Å². The number of hydrogen-bond donors (Lipinski definition) is 1. The Morgan fingerprint density at radius 1 is 1.37 bits per heavy atom. The predicted octanol–water partition coefficient (Wildman–Crippen LogP) is 3.51. The molecule has 0 amide bonds. The fraction of sp³-hybridized carbons (Fsp3) is 0.211. The van der Waals surface area contributed by atoms with Crippen LogP contribution in [-0.2, 0) is 4.74 Å². The summed E-state index contributed by atoms with van der Waals surface area (Å²) < 4.78 is 4.99. The number of aromatic nitrogens is 1. The van der Waals surface area contributed by atoms with Gasteiger partial charge in [-0.3, -0.25) is 14.9 Å². The lowest BCUT2D eigenvalue weighted by molar-refractivity contribution is -0.384. The van der Waals surface area contributed by atoms with Gasteiger partial charge in [0.05, 0.1) is 22.8 Å². The molecule has 27 heavy (non-hydrogen) atoms. The molecule has 8 nitrogen and oxygen atoms in total. The maximum Gasteiger partial charge on any atom is 0.340 e. The van der Waals surface area contributed by atoms with Gasteiger partial charge in [0.25, 0.3) is 5.69 Å². The van der Waals surface area contributed by atoms with Gasteiger partial charge in [-0.15, -0.1) is 0 Å². The van der Waals surface area contributed by atoms with Crippen molar-refractivity contribution in [1.82, 2.24) is 4.98 Å². The Labute approximate surface area is 155 Å². The Morgan fingerprint density at radius 2 is 2.07 bits per heavy atom. The van der Waals surface area contributed by atoms with Gasteiger partial charge in [-0.25, -0.2) is 4.79 Å². The van der Waals surface area contributed by atoms with Crippen LogP contribution < -0.4 is 0 Å². The molecule has 1 aromatic heterocycles. The first-order valence-electron chi connectivity index (χ1n) is 8.07. The molecule has 0 saturated heterocycles. The zero-order chi connectivity index (χ0) is 20.1. The lowest BCUT2D eigenvalue weighted by atomic mass is 10.0. The van der Waals surface area contributed by atoms with Crippen molar-refractivity contribution in [2.24, 2.45) is 0 Å². The van der Waals surface area contributed by atoms with Crippen LogP contribution in [0.3, 0.4) is 0 Å². The number of ether oxygens (including phenoxy) is 1. The summed E-state index contributed by atoms with van der Waals surface area (Å²) in [5, 5.41) is 20.2. The zero-order valence-electron chi connectivity index (χ0n) is 15.0. The van der Waals surface area contributed by atoms with Crippen LogP contribution in [0.2, 0.25) is 0 Å². The first kappa shape index (κ1) is 19.6. The topological polar surface area (TPSA) is 126 Å². The zero-order valence-corrected chi connectivity index (χ0v) is 15.0. The van der Waals surface area contributed by atoms with Crippen LogP contribution in [0.15, 0.2) is 29.8 Å². The second-order valence-corrected chi connectivity index (χ2v) is 5.70. The van der Waals surface area contributed by atoms with Gasteiger partial charge in [0, 0.05) is 17.8 Å². The van der Waals surface area contributed by atoms with Gasteiger partial charge in [0.1, 0.15) is 11.6 Å². The number of carbonyl (C=O) groups is 2. The number of aryl methyl sites for hydroxylation is 1. The molecule has 8 heteroatoms. The molecule has 0 aliphatic carbocycles. The summed E-state index contributed by atoms with van der Waals surface area (Å²) in [6, 6.07) is 7.41.